The van der Waals surface area contributed by atoms with E-state index in [4.69, 9.17) is 4.74 Å². The molecule has 3 aliphatic rings. The lowest BCUT2D eigenvalue weighted by Crippen LogP contribution is -2.26. The van der Waals surface area contributed by atoms with Crippen molar-refractivity contribution in [3.63, 3.8) is 0 Å². The summed E-state index contributed by atoms with van der Waals surface area (Å²) in [5.74, 6) is 1.93. The minimum absolute atomic E-state index is 0.0757. The molecule has 2 aromatic rings. The van der Waals surface area contributed by atoms with E-state index in [0.717, 1.165) is 17.1 Å². The maximum atomic E-state index is 12.0. The van der Waals surface area contributed by atoms with Gasteiger partial charge in [-0.1, -0.05) is 6.07 Å². The van der Waals surface area contributed by atoms with Crippen LogP contribution in [0.4, 0.5) is 11.4 Å². The molecule has 0 unspecified atom stereocenters. The van der Waals surface area contributed by atoms with Crippen LogP contribution in [0.1, 0.15) is 66.1 Å². The first-order valence-electron chi connectivity index (χ1n) is 8.62. The first-order chi connectivity index (χ1) is 11.7. The van der Waals surface area contributed by atoms with E-state index in [1.54, 1.807) is 14.0 Å². The number of aromatic nitrogens is 1. The maximum absolute atomic E-state index is 12.0. The molecule has 1 N–H and O–H groups in total. The van der Waals surface area contributed by atoms with Gasteiger partial charge in [0.2, 0.25) is 0 Å². The highest BCUT2D eigenvalue weighted by Gasteiger charge is 2.37. The van der Waals surface area contributed by atoms with E-state index < -0.39 is 0 Å². The molecule has 4 heteroatoms. The van der Waals surface area contributed by atoms with Gasteiger partial charge in [0.15, 0.2) is 5.78 Å². The molecular weight excluding hydrogens is 300 g/mol. The zero-order chi connectivity index (χ0) is 16.7. The number of Topliss-reactive ketones (excluding diaryl/α,β-unsaturated/α-hetero) is 1. The van der Waals surface area contributed by atoms with E-state index >= 15 is 0 Å². The summed E-state index contributed by atoms with van der Waals surface area (Å²) in [4.78, 5) is 16.6. The Morgan fingerprint density at radius 2 is 1.88 bits per heavy atom. The number of methoxy groups -OCH3 is 1. The van der Waals surface area contributed by atoms with Gasteiger partial charge in [-0.3, -0.25) is 9.78 Å². The fourth-order valence-corrected chi connectivity index (χ4v) is 4.30. The van der Waals surface area contributed by atoms with E-state index in [1.165, 1.54) is 36.8 Å². The first-order valence-corrected chi connectivity index (χ1v) is 8.62. The smallest absolute Gasteiger partial charge is 0.178 e. The standard InChI is InChI=1S/C20H22N2O2/c1-12(23)20-19-14-8-6-13(7-9-14)18(19)17(11-21-20)22-15-4-3-5-16(10-15)24-2/h3-5,10-11,13-14,22H,6-9H2,1-2H3. The molecule has 1 heterocycles. The minimum atomic E-state index is 0.0757. The Hall–Kier alpha value is -2.36. The minimum Gasteiger partial charge on any atom is -0.497 e. The average Bonchev–Trinajstić information content (AvgIpc) is 2.62. The Balaban J connectivity index is 1.79. The molecule has 0 amide bonds. The van der Waals surface area contributed by atoms with Gasteiger partial charge in [0.05, 0.1) is 19.0 Å². The average molecular weight is 322 g/mol. The van der Waals surface area contributed by atoms with Crippen molar-refractivity contribution in [2.75, 3.05) is 12.4 Å². The molecule has 0 aliphatic heterocycles. The summed E-state index contributed by atoms with van der Waals surface area (Å²) in [6.45, 7) is 1.63. The SMILES string of the molecule is COc1cccc(Nc2cnc(C(C)=O)c3c2C2CCC3CC2)c1. The number of benzene rings is 1. The predicted octanol–water partition coefficient (Wildman–Crippen LogP) is 4.79. The van der Waals surface area contributed by atoms with Crippen molar-refractivity contribution in [2.45, 2.75) is 44.4 Å². The van der Waals surface area contributed by atoms with E-state index in [0.29, 0.717) is 17.5 Å². The number of fused-ring (bicyclic) bond motifs is 2. The van der Waals surface area contributed by atoms with Crippen molar-refractivity contribution >= 4 is 17.2 Å². The highest BCUT2D eigenvalue weighted by atomic mass is 16.5. The number of pyridine rings is 1. The van der Waals surface area contributed by atoms with Gasteiger partial charge in [-0.2, -0.15) is 0 Å². The number of nitrogens with zero attached hydrogens (tertiary/aromatic N) is 1. The van der Waals surface area contributed by atoms with Crippen molar-refractivity contribution < 1.29 is 9.53 Å². The molecule has 1 saturated carbocycles. The molecular formula is C20H22N2O2. The maximum Gasteiger partial charge on any atom is 0.178 e. The summed E-state index contributed by atoms with van der Waals surface area (Å²) in [5, 5.41) is 3.50. The van der Waals surface area contributed by atoms with E-state index in [-0.39, 0.29) is 5.78 Å². The molecule has 3 aliphatic carbocycles. The van der Waals surface area contributed by atoms with E-state index in [1.807, 2.05) is 30.5 Å². The number of carbonyl (C=O) groups excluding carboxylic acids is 1. The second-order valence-corrected chi connectivity index (χ2v) is 6.81. The van der Waals surface area contributed by atoms with Crippen LogP contribution < -0.4 is 10.1 Å². The molecule has 0 saturated heterocycles. The summed E-state index contributed by atoms with van der Waals surface area (Å²) in [5.41, 5.74) is 5.22. The van der Waals surface area contributed by atoms with Gasteiger partial charge in [0.25, 0.3) is 0 Å². The highest BCUT2D eigenvalue weighted by molar-refractivity contribution is 5.95. The number of nitrogens with one attached hydrogen (secondary N) is 1. The number of rotatable bonds is 4. The number of hydrogen-bond donors (Lipinski definition) is 1. The third-order valence-corrected chi connectivity index (χ3v) is 5.38. The molecule has 24 heavy (non-hydrogen) atoms. The van der Waals surface area contributed by atoms with Crippen LogP contribution in [-0.4, -0.2) is 17.9 Å². The van der Waals surface area contributed by atoms with Gasteiger partial charge in [0, 0.05) is 18.7 Å². The molecule has 1 aromatic heterocycles. The van der Waals surface area contributed by atoms with Crippen molar-refractivity contribution in [2.24, 2.45) is 0 Å². The highest BCUT2D eigenvalue weighted by Crippen LogP contribution is 2.52. The van der Waals surface area contributed by atoms with Crippen LogP contribution in [-0.2, 0) is 0 Å². The fourth-order valence-electron chi connectivity index (χ4n) is 4.30. The number of hydrogen-bond acceptors (Lipinski definition) is 4. The van der Waals surface area contributed by atoms with Gasteiger partial charge >= 0.3 is 0 Å². The van der Waals surface area contributed by atoms with Crippen molar-refractivity contribution in [1.29, 1.82) is 0 Å². The Bertz CT molecular complexity index is 792. The molecule has 5 rings (SSSR count). The first kappa shape index (κ1) is 15.2. The predicted molar refractivity (Wildman–Crippen MR) is 94.5 cm³/mol. The lowest BCUT2D eigenvalue weighted by molar-refractivity contribution is 0.101. The van der Waals surface area contributed by atoms with Crippen LogP contribution in [0.2, 0.25) is 0 Å². The zero-order valence-electron chi connectivity index (χ0n) is 14.1. The van der Waals surface area contributed by atoms with Crippen molar-refractivity contribution in [1.82, 2.24) is 4.98 Å². The Labute approximate surface area is 142 Å². The number of ketones is 1. The summed E-state index contributed by atoms with van der Waals surface area (Å²) in [6, 6.07) is 7.90. The lowest BCUT2D eigenvalue weighted by Gasteiger charge is -2.40. The molecule has 0 atom stereocenters. The quantitative estimate of drug-likeness (QED) is 0.822. The molecule has 1 fully saturated rings. The summed E-state index contributed by atoms with van der Waals surface area (Å²) in [6.07, 6.45) is 6.62. The van der Waals surface area contributed by atoms with Crippen molar-refractivity contribution in [3.05, 3.63) is 47.3 Å². The number of ether oxygens (including phenoxy) is 1. The zero-order valence-corrected chi connectivity index (χ0v) is 14.1. The molecule has 4 nitrogen and oxygen atoms in total. The van der Waals surface area contributed by atoms with E-state index in [2.05, 4.69) is 10.3 Å². The number of anilines is 2. The number of carbonyl (C=O) groups is 1. The van der Waals surface area contributed by atoms with Crippen LogP contribution in [0, 0.1) is 0 Å². The van der Waals surface area contributed by atoms with Gasteiger partial charge in [-0.25, -0.2) is 0 Å². The summed E-state index contributed by atoms with van der Waals surface area (Å²) in [7, 11) is 1.67. The lowest BCUT2D eigenvalue weighted by atomic mass is 9.66. The second kappa shape index (κ2) is 5.93. The Morgan fingerprint density at radius 3 is 2.54 bits per heavy atom. The molecule has 124 valence electrons. The van der Waals surface area contributed by atoms with Gasteiger partial charge in [0.1, 0.15) is 11.4 Å². The van der Waals surface area contributed by atoms with E-state index in [9.17, 15) is 4.79 Å². The van der Waals surface area contributed by atoms with Gasteiger partial charge in [-0.05, 0) is 60.8 Å². The fraction of sp³-hybridized carbons (Fsp3) is 0.400. The monoisotopic (exact) mass is 322 g/mol. The Morgan fingerprint density at radius 1 is 1.17 bits per heavy atom. The molecule has 2 bridgehead atoms. The summed E-state index contributed by atoms with van der Waals surface area (Å²) < 4.78 is 5.30. The van der Waals surface area contributed by atoms with Crippen molar-refractivity contribution in [3.8, 4) is 5.75 Å². The second-order valence-electron chi connectivity index (χ2n) is 6.81. The van der Waals surface area contributed by atoms with Crippen LogP contribution >= 0.6 is 0 Å². The van der Waals surface area contributed by atoms with Gasteiger partial charge < -0.3 is 10.1 Å². The topological polar surface area (TPSA) is 51.2 Å². The third-order valence-electron chi connectivity index (χ3n) is 5.38. The van der Waals surface area contributed by atoms with Crippen LogP contribution in [0.5, 0.6) is 5.75 Å². The van der Waals surface area contributed by atoms with Crippen LogP contribution in [0.25, 0.3) is 0 Å². The van der Waals surface area contributed by atoms with Gasteiger partial charge in [-0.15, -0.1) is 0 Å². The molecule has 0 radical (unpaired) electrons. The normalized spacial score (nSPS) is 21.2. The molecule has 0 spiro atoms. The van der Waals surface area contributed by atoms with Crippen LogP contribution in [0.15, 0.2) is 30.5 Å². The Kier molecular flexibility index (Phi) is 3.75. The largest absolute Gasteiger partial charge is 0.497 e. The molecule has 1 aromatic carbocycles. The summed E-state index contributed by atoms with van der Waals surface area (Å²) >= 11 is 0. The van der Waals surface area contributed by atoms with Crippen LogP contribution in [0.3, 0.4) is 0 Å². The third kappa shape index (κ3) is 2.46.